The molecule has 0 saturated carbocycles. The van der Waals surface area contributed by atoms with Gasteiger partial charge in [0, 0.05) is 12.8 Å². The molecule has 1 heterocycles. The van der Waals surface area contributed by atoms with Gasteiger partial charge in [-0.05, 0) is 47.9 Å². The van der Waals surface area contributed by atoms with Crippen LogP contribution in [0, 0.1) is 0 Å². The van der Waals surface area contributed by atoms with Crippen LogP contribution in [0.25, 0.3) is 0 Å². The van der Waals surface area contributed by atoms with Crippen LogP contribution in [-0.2, 0) is 12.8 Å². The lowest BCUT2D eigenvalue weighted by Crippen LogP contribution is -2.05. The molecule has 3 nitrogen and oxygen atoms in total. The van der Waals surface area contributed by atoms with Gasteiger partial charge in [-0.2, -0.15) is 0 Å². The molecule has 1 N–H and O–H groups in total. The van der Waals surface area contributed by atoms with Crippen LogP contribution < -0.4 is 9.47 Å². The summed E-state index contributed by atoms with van der Waals surface area (Å²) in [6, 6.07) is 13.8. The summed E-state index contributed by atoms with van der Waals surface area (Å²) in [5.74, 6) is 1.78. The highest BCUT2D eigenvalue weighted by atomic mass is 16.5. The van der Waals surface area contributed by atoms with Crippen LogP contribution in [0.4, 0.5) is 0 Å². The van der Waals surface area contributed by atoms with E-state index in [0.717, 1.165) is 29.0 Å². The minimum Gasteiger partial charge on any atom is -0.497 e. The van der Waals surface area contributed by atoms with Crippen LogP contribution in [-0.4, -0.2) is 18.3 Å². The first-order valence-electron chi connectivity index (χ1n) is 7.26. The zero-order chi connectivity index (χ0) is 14.8. The normalized spacial score (nSPS) is 18.0. The van der Waals surface area contributed by atoms with E-state index in [1.165, 1.54) is 5.56 Å². The molecule has 2 atom stereocenters. The Morgan fingerprint density at radius 1 is 1.24 bits per heavy atom. The molecule has 3 rings (SSSR count). The summed E-state index contributed by atoms with van der Waals surface area (Å²) in [5, 5.41) is 10.4. The van der Waals surface area contributed by atoms with Gasteiger partial charge in [-0.15, -0.1) is 0 Å². The van der Waals surface area contributed by atoms with Crippen LogP contribution in [0.15, 0.2) is 42.5 Å². The maximum Gasteiger partial charge on any atom is 0.123 e. The highest BCUT2D eigenvalue weighted by molar-refractivity contribution is 5.41. The topological polar surface area (TPSA) is 38.7 Å². The molecule has 1 aliphatic heterocycles. The van der Waals surface area contributed by atoms with Crippen molar-refractivity contribution in [2.24, 2.45) is 0 Å². The van der Waals surface area contributed by atoms with Gasteiger partial charge < -0.3 is 14.6 Å². The maximum absolute atomic E-state index is 10.4. The molecular weight excluding hydrogens is 264 g/mol. The first-order chi connectivity index (χ1) is 10.2. The van der Waals surface area contributed by atoms with Crippen molar-refractivity contribution in [3.8, 4) is 11.5 Å². The molecule has 0 radical (unpaired) electrons. The lowest BCUT2D eigenvalue weighted by molar-refractivity contribution is 0.178. The smallest absolute Gasteiger partial charge is 0.123 e. The van der Waals surface area contributed by atoms with Gasteiger partial charge in [-0.1, -0.05) is 18.2 Å². The Balaban J connectivity index is 1.73. The minimum absolute atomic E-state index is 0.231. The van der Waals surface area contributed by atoms with Gasteiger partial charge >= 0.3 is 0 Å². The van der Waals surface area contributed by atoms with Crippen molar-refractivity contribution >= 4 is 0 Å². The summed E-state index contributed by atoms with van der Waals surface area (Å²) >= 11 is 0. The van der Waals surface area contributed by atoms with E-state index in [0.29, 0.717) is 6.42 Å². The van der Waals surface area contributed by atoms with Gasteiger partial charge in [0.05, 0.1) is 13.2 Å². The molecule has 0 spiro atoms. The van der Waals surface area contributed by atoms with Crippen molar-refractivity contribution < 1.29 is 14.6 Å². The zero-order valence-electron chi connectivity index (χ0n) is 12.4. The SMILES string of the molecule is COc1ccc(CC(O)c2ccc3c(c2)CC(C)O3)cc1. The molecule has 0 bridgehead atoms. The number of methoxy groups -OCH3 is 1. The summed E-state index contributed by atoms with van der Waals surface area (Å²) in [5.41, 5.74) is 3.23. The lowest BCUT2D eigenvalue weighted by Gasteiger charge is -2.12. The molecule has 2 aromatic rings. The van der Waals surface area contributed by atoms with E-state index < -0.39 is 6.10 Å². The summed E-state index contributed by atoms with van der Waals surface area (Å²) in [4.78, 5) is 0. The minimum atomic E-state index is -0.500. The van der Waals surface area contributed by atoms with E-state index in [2.05, 4.69) is 13.0 Å². The zero-order valence-corrected chi connectivity index (χ0v) is 12.4. The van der Waals surface area contributed by atoms with Gasteiger partial charge in [0.1, 0.15) is 17.6 Å². The predicted molar refractivity (Wildman–Crippen MR) is 81.9 cm³/mol. The fourth-order valence-corrected chi connectivity index (χ4v) is 2.75. The second-order valence-electron chi connectivity index (χ2n) is 5.57. The van der Waals surface area contributed by atoms with Crippen molar-refractivity contribution in [2.45, 2.75) is 32.0 Å². The molecule has 21 heavy (non-hydrogen) atoms. The van der Waals surface area contributed by atoms with Gasteiger partial charge in [-0.3, -0.25) is 0 Å². The number of benzene rings is 2. The van der Waals surface area contributed by atoms with Crippen molar-refractivity contribution in [1.29, 1.82) is 0 Å². The Kier molecular flexibility index (Phi) is 3.84. The third-order valence-corrected chi connectivity index (χ3v) is 3.89. The summed E-state index contributed by atoms with van der Waals surface area (Å²) < 4.78 is 10.8. The molecule has 0 amide bonds. The number of aliphatic hydroxyl groups is 1. The lowest BCUT2D eigenvalue weighted by atomic mass is 9.98. The summed E-state index contributed by atoms with van der Waals surface area (Å²) in [6.07, 6.45) is 1.24. The van der Waals surface area contributed by atoms with Gasteiger partial charge in [0.25, 0.3) is 0 Å². The third kappa shape index (κ3) is 3.03. The van der Waals surface area contributed by atoms with E-state index in [1.54, 1.807) is 7.11 Å². The second kappa shape index (κ2) is 5.78. The number of fused-ring (bicyclic) bond motifs is 1. The Labute approximate surface area is 125 Å². The molecule has 1 aliphatic rings. The van der Waals surface area contributed by atoms with Crippen LogP contribution in [0.2, 0.25) is 0 Å². The van der Waals surface area contributed by atoms with Gasteiger partial charge in [0.15, 0.2) is 0 Å². The molecule has 0 aromatic heterocycles. The number of ether oxygens (including phenoxy) is 2. The van der Waals surface area contributed by atoms with E-state index in [-0.39, 0.29) is 6.10 Å². The van der Waals surface area contributed by atoms with E-state index in [1.807, 2.05) is 36.4 Å². The molecule has 0 saturated heterocycles. The molecule has 3 heteroatoms. The molecule has 110 valence electrons. The molecule has 0 aliphatic carbocycles. The predicted octanol–water partition coefficient (Wildman–Crippen LogP) is 3.29. The highest BCUT2D eigenvalue weighted by Gasteiger charge is 2.20. The number of hydrogen-bond donors (Lipinski definition) is 1. The molecular formula is C18H20O3. The van der Waals surface area contributed by atoms with Crippen molar-refractivity contribution in [3.05, 3.63) is 59.2 Å². The van der Waals surface area contributed by atoms with Crippen molar-refractivity contribution in [2.75, 3.05) is 7.11 Å². The van der Waals surface area contributed by atoms with E-state index in [4.69, 9.17) is 9.47 Å². The van der Waals surface area contributed by atoms with Gasteiger partial charge in [0.2, 0.25) is 0 Å². The van der Waals surface area contributed by atoms with Crippen molar-refractivity contribution in [1.82, 2.24) is 0 Å². The summed E-state index contributed by atoms with van der Waals surface area (Å²) in [6.45, 7) is 2.06. The molecule has 2 unspecified atom stereocenters. The Bertz CT molecular complexity index is 619. The molecule has 2 aromatic carbocycles. The average Bonchev–Trinajstić information content (AvgIpc) is 2.87. The van der Waals surface area contributed by atoms with Crippen LogP contribution in [0.5, 0.6) is 11.5 Å². The number of rotatable bonds is 4. The largest absolute Gasteiger partial charge is 0.497 e. The molecule has 0 fully saturated rings. The van der Waals surface area contributed by atoms with E-state index in [9.17, 15) is 5.11 Å². The van der Waals surface area contributed by atoms with Crippen molar-refractivity contribution in [3.63, 3.8) is 0 Å². The fraction of sp³-hybridized carbons (Fsp3) is 0.333. The summed E-state index contributed by atoms with van der Waals surface area (Å²) in [7, 11) is 1.65. The second-order valence-corrected chi connectivity index (χ2v) is 5.57. The van der Waals surface area contributed by atoms with Crippen LogP contribution in [0.3, 0.4) is 0 Å². The van der Waals surface area contributed by atoms with Gasteiger partial charge in [-0.25, -0.2) is 0 Å². The monoisotopic (exact) mass is 284 g/mol. The van der Waals surface area contributed by atoms with Crippen LogP contribution >= 0.6 is 0 Å². The first-order valence-corrected chi connectivity index (χ1v) is 7.26. The van der Waals surface area contributed by atoms with E-state index >= 15 is 0 Å². The standard InChI is InChI=1S/C18H20O3/c1-12-9-15-11-14(5-8-18(15)21-12)17(19)10-13-3-6-16(20-2)7-4-13/h3-8,11-12,17,19H,9-10H2,1-2H3. The third-order valence-electron chi connectivity index (χ3n) is 3.89. The average molecular weight is 284 g/mol. The Hall–Kier alpha value is -2.00. The number of aliphatic hydroxyl groups excluding tert-OH is 1. The quantitative estimate of drug-likeness (QED) is 0.936. The first kappa shape index (κ1) is 14.0. The Morgan fingerprint density at radius 2 is 2.00 bits per heavy atom. The van der Waals surface area contributed by atoms with Crippen LogP contribution in [0.1, 0.15) is 29.7 Å². The Morgan fingerprint density at radius 3 is 2.71 bits per heavy atom. The fourth-order valence-electron chi connectivity index (χ4n) is 2.75. The maximum atomic E-state index is 10.4. The highest BCUT2D eigenvalue weighted by Crippen LogP contribution is 2.31. The number of hydrogen-bond acceptors (Lipinski definition) is 3.